The summed E-state index contributed by atoms with van der Waals surface area (Å²) in [6, 6.07) is 35.8. The average Bonchev–Trinajstić information content (AvgIpc) is 1.56. The van der Waals surface area contributed by atoms with Crippen LogP contribution >= 0.6 is 46.4 Å². The van der Waals surface area contributed by atoms with Crippen LogP contribution in [-0.4, -0.2) is 114 Å². The molecule has 0 saturated heterocycles. The summed E-state index contributed by atoms with van der Waals surface area (Å²) in [5.41, 5.74) is 33.3. The molecule has 7 heterocycles. The fraction of sp³-hybridized carbons (Fsp3) is 0.264. The minimum Gasteiger partial charge on any atom is -0.497 e. The first-order chi connectivity index (χ1) is 68.2. The summed E-state index contributed by atoms with van der Waals surface area (Å²) in [4.78, 5) is 87.8. The molecular formula is C106H109Cl4F5N20O9. The lowest BCUT2D eigenvalue weighted by Gasteiger charge is -2.22. The Morgan fingerprint density at radius 2 is 0.799 bits per heavy atom. The molecular weight excluding hydrogens is 1930 g/mol. The number of para-hydroxylation sites is 1. The number of aromatic amines is 1. The fourth-order valence-electron chi connectivity index (χ4n) is 16.8. The molecule has 0 aliphatic heterocycles. The Morgan fingerprint density at radius 1 is 0.424 bits per heavy atom. The van der Waals surface area contributed by atoms with Crippen LogP contribution in [0.4, 0.5) is 62.2 Å². The fourth-order valence-corrected chi connectivity index (χ4v) is 17.6. The van der Waals surface area contributed by atoms with Gasteiger partial charge in [-0.15, -0.1) is 0 Å². The minimum absolute atomic E-state index is 0.0330. The summed E-state index contributed by atoms with van der Waals surface area (Å²) in [6.45, 7) is 34.3. The second-order valence-corrected chi connectivity index (χ2v) is 37.1. The van der Waals surface area contributed by atoms with Crippen molar-refractivity contribution in [1.82, 2.24) is 53.1 Å². The number of halogens is 9. The van der Waals surface area contributed by atoms with Gasteiger partial charge in [-0.2, -0.15) is 0 Å². The van der Waals surface area contributed by atoms with Crippen molar-refractivity contribution in [2.75, 3.05) is 45.6 Å². The highest BCUT2D eigenvalue weighted by atomic mass is 35.5. The van der Waals surface area contributed by atoms with Crippen molar-refractivity contribution in [3.8, 4) is 28.7 Å². The van der Waals surface area contributed by atoms with E-state index in [1.807, 2.05) is 145 Å². The highest BCUT2D eigenvalue weighted by Gasteiger charge is 2.37. The van der Waals surface area contributed by atoms with E-state index in [-0.39, 0.29) is 95.3 Å². The second-order valence-electron chi connectivity index (χ2n) is 35.5. The molecule has 16 aromatic rings. The number of fused-ring (bicyclic) bond motifs is 4. The number of nitrogens with one attached hydrogen (secondary N) is 6. The van der Waals surface area contributed by atoms with Gasteiger partial charge in [0.05, 0.1) is 74.4 Å². The van der Waals surface area contributed by atoms with Gasteiger partial charge >= 0.3 is 0 Å². The standard InChI is InChI=1S/C29H27ClFN5O2.C27H29ClFN5O3.C26H27ClFN5O2.C24H26ClF2N5O2/c1-15(2)38-26-20(16(3)28-34-17(4)25-27(32)33-12-13-36(25)28)14-21(30)24(31)23(26)29(37)35-22-11-7-9-18-8-5-6-10-19(18)22;1-13(2)37-24-18(15(4)26-32-16(5)23-25(30)31-9-10-34(23)26)12-19(28)22(29)21(24)27(35)33-20-8-7-17(36-6)11-14(20)3;1-13(2)35-23-18(15(4)25-31-16(5)22-24(29)30-9-10-33(22)25)12-19(27)21(28)20(23)26(34)32-17-8-6-7-14(3)11-17;1-10(2)34-21-14(12(4)23-30-13(5)20(31-23)22(28)29)9-15(25)18(27)17(21)24(33)32-19-11(3)7-6-8-16(19)26/h5-16H,1-4H3,(H2,32,33)(H,35,37);7-13,15H,1-6H3,(H2,30,31)(H,33,35);6-13,15H,1-5H3,(H2,29,30)(H,32,34);6-10,12H,1-5H3,(H3,28,29)(H,30,31)(H,32,33). The van der Waals surface area contributed by atoms with Crippen LogP contribution < -0.4 is 67.9 Å². The highest BCUT2D eigenvalue weighted by molar-refractivity contribution is 6.33. The van der Waals surface area contributed by atoms with E-state index in [0.717, 1.165) is 21.9 Å². The summed E-state index contributed by atoms with van der Waals surface area (Å²) in [6.07, 6.45) is 8.60. The molecule has 0 aliphatic rings. The molecule has 4 atom stereocenters. The normalized spacial score (nSPS) is 12.2. The van der Waals surface area contributed by atoms with Crippen molar-refractivity contribution in [3.63, 3.8) is 0 Å². The third-order valence-electron chi connectivity index (χ3n) is 23.5. The Hall–Kier alpha value is -15.1. The first-order valence-electron chi connectivity index (χ1n) is 45.8. The first-order valence-corrected chi connectivity index (χ1v) is 47.3. The number of nitrogen functional groups attached to an aromatic ring is 4. The number of aryl methyl sites for hydroxylation is 7. The first kappa shape index (κ1) is 106. The van der Waals surface area contributed by atoms with E-state index in [0.29, 0.717) is 131 Å². The minimum atomic E-state index is -0.986. The van der Waals surface area contributed by atoms with Gasteiger partial charge in [0, 0.05) is 111 Å². The molecule has 7 aromatic heterocycles. The number of benzene rings is 9. The zero-order valence-electron chi connectivity index (χ0n) is 82.6. The van der Waals surface area contributed by atoms with E-state index in [9.17, 15) is 23.6 Å². The quantitative estimate of drug-likeness (QED) is 0.0137. The molecule has 0 fully saturated rings. The molecule has 4 amide bonds. The van der Waals surface area contributed by atoms with Gasteiger partial charge in [0.25, 0.3) is 23.6 Å². The predicted molar refractivity (Wildman–Crippen MR) is 555 cm³/mol. The van der Waals surface area contributed by atoms with E-state index < -0.39 is 88.1 Å². The Balaban J connectivity index is 0.000000161. The number of hydrogen-bond acceptors (Lipinski definition) is 20. The smallest absolute Gasteiger partial charge is 0.262 e. The zero-order chi connectivity index (χ0) is 105. The number of nitrogens with two attached hydrogens (primary N) is 4. The van der Waals surface area contributed by atoms with Crippen molar-refractivity contribution in [1.29, 1.82) is 5.41 Å². The van der Waals surface area contributed by atoms with Gasteiger partial charge in [0.15, 0.2) is 23.3 Å². The van der Waals surface area contributed by atoms with Crippen molar-refractivity contribution >= 4 is 143 Å². The number of imidazole rings is 4. The summed E-state index contributed by atoms with van der Waals surface area (Å²) in [5, 5.41) is 19.4. The Bertz CT molecular complexity index is 7650. The third-order valence-corrected chi connectivity index (χ3v) is 24.6. The second kappa shape index (κ2) is 44.6. The number of amides is 4. The predicted octanol–water partition coefficient (Wildman–Crippen LogP) is 24.0. The van der Waals surface area contributed by atoms with E-state index in [1.54, 1.807) is 135 Å². The summed E-state index contributed by atoms with van der Waals surface area (Å²) >= 11 is 25.2. The lowest BCUT2D eigenvalue weighted by Crippen LogP contribution is -2.21. The van der Waals surface area contributed by atoms with Gasteiger partial charge < -0.3 is 72.9 Å². The number of ether oxygens (including phenoxy) is 5. The maximum Gasteiger partial charge on any atom is 0.262 e. The van der Waals surface area contributed by atoms with E-state index in [2.05, 4.69) is 46.2 Å². The number of aromatic nitrogens is 11. The van der Waals surface area contributed by atoms with Crippen molar-refractivity contribution in [3.05, 3.63) is 327 Å². The van der Waals surface area contributed by atoms with Crippen molar-refractivity contribution in [2.24, 2.45) is 5.73 Å². The van der Waals surface area contributed by atoms with Crippen molar-refractivity contribution < 1.29 is 64.8 Å². The third kappa shape index (κ3) is 22.5. The lowest BCUT2D eigenvalue weighted by molar-refractivity contribution is 0.100. The van der Waals surface area contributed by atoms with Crippen LogP contribution in [-0.2, 0) is 0 Å². The Labute approximate surface area is 847 Å². The number of anilines is 7. The van der Waals surface area contributed by atoms with E-state index in [4.69, 9.17) is 113 Å². The van der Waals surface area contributed by atoms with Gasteiger partial charge in [-0.25, -0.2) is 56.8 Å². The van der Waals surface area contributed by atoms with Gasteiger partial charge in [-0.05, 0) is 193 Å². The van der Waals surface area contributed by atoms with Gasteiger partial charge in [0.1, 0.15) is 126 Å². The largest absolute Gasteiger partial charge is 0.497 e. The molecule has 16 rings (SSSR count). The molecule has 0 bridgehead atoms. The Morgan fingerprint density at radius 3 is 1.18 bits per heavy atom. The molecule has 0 saturated carbocycles. The van der Waals surface area contributed by atoms with Crippen molar-refractivity contribution in [2.45, 2.75) is 180 Å². The number of nitrogens with zero attached hydrogens (tertiary/aromatic N) is 10. The number of carbonyl (C=O) groups excluding carboxylic acids is 4. The molecule has 0 spiro atoms. The molecule has 0 radical (unpaired) electrons. The van der Waals surface area contributed by atoms with Gasteiger partial charge in [-0.3, -0.25) is 37.8 Å². The maximum atomic E-state index is 15.6. The number of methoxy groups -OCH3 is 1. The van der Waals surface area contributed by atoms with Crippen LogP contribution in [0.25, 0.3) is 27.3 Å². The highest BCUT2D eigenvalue weighted by Crippen LogP contribution is 2.47. The van der Waals surface area contributed by atoms with Crippen LogP contribution in [0.15, 0.2) is 165 Å². The molecule has 750 valence electrons. The number of rotatable bonds is 26. The topological polar surface area (TPSA) is 410 Å². The molecule has 9 aromatic carbocycles. The zero-order valence-corrected chi connectivity index (χ0v) is 85.6. The van der Waals surface area contributed by atoms with Crippen LogP contribution in [0, 0.1) is 83.0 Å². The summed E-state index contributed by atoms with van der Waals surface area (Å²) in [5.74, 6) is -4.86. The SMILES string of the molecule is COc1ccc(NC(=O)c2c(F)c(Cl)cc(C(C)c3nc(C)c4c(N)nccn34)c2OC(C)C)c(C)c1.Cc1cccc(F)c1NC(=O)c1c(F)c(Cl)cc(C(C)c2nc(C(=N)N)c(C)[nH]2)c1OC(C)C.Cc1cccc(NC(=O)c2c(F)c(Cl)cc(C(C)c3nc(C)c4c(N)nccn34)c2OC(C)C)c1.Cc1nc(C(C)c2cc(Cl)c(F)c(C(=O)Nc3cccc4ccccc34)c2OC(C)C)n2ccnc(N)c12. The van der Waals surface area contributed by atoms with Crippen LogP contribution in [0.5, 0.6) is 28.7 Å². The molecule has 14 N–H and O–H groups in total. The van der Waals surface area contributed by atoms with Crippen LogP contribution in [0.2, 0.25) is 20.1 Å². The van der Waals surface area contributed by atoms with Gasteiger partial charge in [-0.1, -0.05) is 135 Å². The molecule has 4 unspecified atom stereocenters. The number of hydrogen-bond donors (Lipinski definition) is 10. The molecule has 0 aliphatic carbocycles. The molecule has 38 heteroatoms. The molecule has 144 heavy (non-hydrogen) atoms. The maximum absolute atomic E-state index is 15.6. The lowest BCUT2D eigenvalue weighted by atomic mass is 9.95. The van der Waals surface area contributed by atoms with Crippen LogP contribution in [0.3, 0.4) is 0 Å². The number of amidine groups is 1. The van der Waals surface area contributed by atoms with Gasteiger partial charge in [0.2, 0.25) is 0 Å². The summed E-state index contributed by atoms with van der Waals surface area (Å²) < 4.78 is 111. The average molecular weight is 2040 g/mol. The van der Waals surface area contributed by atoms with E-state index >= 15 is 17.6 Å². The monoisotopic (exact) mass is 2040 g/mol. The summed E-state index contributed by atoms with van der Waals surface area (Å²) in [7, 11) is 1.56. The van der Waals surface area contributed by atoms with Crippen LogP contribution in [0.1, 0.15) is 239 Å². The number of carbonyl (C=O) groups is 4. The number of H-pyrrole nitrogens is 1. The Kier molecular flexibility index (Phi) is 32.9. The molecule has 29 nitrogen and oxygen atoms in total. The van der Waals surface area contributed by atoms with E-state index in [1.165, 1.54) is 36.4 Å².